The predicted octanol–water partition coefficient (Wildman–Crippen LogP) is 0.882. The molecule has 0 fully saturated rings. The van der Waals surface area contributed by atoms with E-state index in [4.69, 9.17) is 18.9 Å². The van der Waals surface area contributed by atoms with Gasteiger partial charge >= 0.3 is 184 Å². The number of ether oxygens (including phenoxy) is 4. The quantitative estimate of drug-likeness (QED) is 0.322. The Morgan fingerprint density at radius 2 is 0.900 bits per heavy atom. The molecule has 0 atom stereocenters. The molecule has 0 spiro atoms. The molecule has 154 valence electrons. The third-order valence-electron chi connectivity index (χ3n) is 4.41. The minimum atomic E-state index is 0.0717. The number of aromatic nitrogens is 4. The number of hydrogen-bond donors (Lipinski definition) is 0. The summed E-state index contributed by atoms with van der Waals surface area (Å²) in [4.78, 5) is 17.9. The van der Waals surface area contributed by atoms with Crippen molar-refractivity contribution in [2.75, 3.05) is 28.4 Å². The van der Waals surface area contributed by atoms with E-state index in [1.165, 1.54) is 0 Å². The number of benzene rings is 2. The molecule has 0 radical (unpaired) electrons. The zero-order chi connectivity index (χ0) is 21.1. The van der Waals surface area contributed by atoms with Crippen LogP contribution in [-0.4, -0.2) is 74.6 Å². The second-order valence-electron chi connectivity index (χ2n) is 5.97. The van der Waals surface area contributed by atoms with Crippen molar-refractivity contribution in [2.45, 2.75) is 0 Å². The molecule has 0 N–H and O–H groups in total. The first-order valence-electron chi connectivity index (χ1n) is 8.76. The van der Waals surface area contributed by atoms with Crippen LogP contribution in [0.15, 0.2) is 36.9 Å². The van der Waals surface area contributed by atoms with Crippen LogP contribution in [0.25, 0.3) is 21.8 Å². The van der Waals surface area contributed by atoms with Crippen LogP contribution in [0.4, 0.5) is 0 Å². The second-order valence-corrected chi connectivity index (χ2v) is 11.9. The number of methoxy groups -OCH3 is 4. The molecule has 0 amide bonds. The standard InChI is InChI=1S/C20H18N4O4Se2/c1-25-15-5-11-13(7-17(15)27-3)21-9-23-19(11)29-30-20-12-6-16(26-2)18(28-4)8-14(12)22-10-24-20/h5-10H,1-4H3. The summed E-state index contributed by atoms with van der Waals surface area (Å²) in [7, 11) is 6.47. The minimum absolute atomic E-state index is 0.0717. The summed E-state index contributed by atoms with van der Waals surface area (Å²) < 4.78 is 23.7. The van der Waals surface area contributed by atoms with Crippen molar-refractivity contribution >= 4 is 57.3 Å². The molecule has 4 rings (SSSR count). The molecule has 2 aromatic carbocycles. The van der Waals surface area contributed by atoms with Crippen LogP contribution in [-0.2, 0) is 0 Å². The van der Waals surface area contributed by atoms with Gasteiger partial charge in [0.2, 0.25) is 0 Å². The summed E-state index contributed by atoms with van der Waals surface area (Å²) in [5, 5.41) is 1.93. The van der Waals surface area contributed by atoms with Crippen LogP contribution in [0, 0.1) is 0 Å². The summed E-state index contributed by atoms with van der Waals surface area (Å²) in [6.45, 7) is 0. The molecule has 10 heteroatoms. The van der Waals surface area contributed by atoms with Gasteiger partial charge in [-0.2, -0.15) is 0 Å². The van der Waals surface area contributed by atoms with Crippen LogP contribution >= 0.6 is 0 Å². The van der Waals surface area contributed by atoms with E-state index in [-0.39, 0.29) is 26.3 Å². The normalized spacial score (nSPS) is 10.9. The van der Waals surface area contributed by atoms with Crippen LogP contribution in [0.2, 0.25) is 0 Å². The summed E-state index contributed by atoms with van der Waals surface area (Å²) in [6, 6.07) is 7.62. The van der Waals surface area contributed by atoms with Crippen molar-refractivity contribution in [2.24, 2.45) is 0 Å². The molecule has 2 heterocycles. The average Bonchev–Trinajstić information content (AvgIpc) is 2.80. The zero-order valence-electron chi connectivity index (χ0n) is 16.7. The number of hydrogen-bond acceptors (Lipinski definition) is 8. The Balaban J connectivity index is 1.71. The van der Waals surface area contributed by atoms with Gasteiger partial charge in [-0.15, -0.1) is 0 Å². The van der Waals surface area contributed by atoms with Gasteiger partial charge in [0, 0.05) is 0 Å². The summed E-state index contributed by atoms with van der Waals surface area (Å²) in [6.07, 6.45) is 3.18. The third kappa shape index (κ3) is 3.87. The molecular weight excluding hydrogens is 518 g/mol. The maximum absolute atomic E-state index is 5.45. The molecule has 0 aliphatic carbocycles. The molecule has 30 heavy (non-hydrogen) atoms. The summed E-state index contributed by atoms with van der Waals surface area (Å²) in [5.41, 5.74) is 1.66. The average molecular weight is 536 g/mol. The molecule has 0 bridgehead atoms. The van der Waals surface area contributed by atoms with Crippen LogP contribution < -0.4 is 28.1 Å². The van der Waals surface area contributed by atoms with Crippen molar-refractivity contribution in [3.8, 4) is 23.0 Å². The van der Waals surface area contributed by atoms with Gasteiger partial charge in [0.05, 0.1) is 0 Å². The van der Waals surface area contributed by atoms with Gasteiger partial charge in [0.25, 0.3) is 0 Å². The molecular formula is C20H18N4O4Se2. The molecule has 0 aliphatic rings. The van der Waals surface area contributed by atoms with E-state index in [1.807, 2.05) is 24.3 Å². The first kappa shape index (κ1) is 20.6. The Kier molecular flexibility index (Phi) is 6.20. The van der Waals surface area contributed by atoms with E-state index in [9.17, 15) is 0 Å². The summed E-state index contributed by atoms with van der Waals surface area (Å²) >= 11 is 0.143. The topological polar surface area (TPSA) is 88.5 Å². The monoisotopic (exact) mass is 538 g/mol. The predicted molar refractivity (Wildman–Crippen MR) is 116 cm³/mol. The van der Waals surface area contributed by atoms with Crippen molar-refractivity contribution < 1.29 is 18.9 Å². The first-order chi connectivity index (χ1) is 14.7. The van der Waals surface area contributed by atoms with Gasteiger partial charge in [-0.05, 0) is 0 Å². The molecule has 8 nitrogen and oxygen atoms in total. The fourth-order valence-electron chi connectivity index (χ4n) is 2.93. The van der Waals surface area contributed by atoms with Gasteiger partial charge in [-0.3, -0.25) is 0 Å². The van der Waals surface area contributed by atoms with E-state index >= 15 is 0 Å². The Hall–Kier alpha value is -2.64. The van der Waals surface area contributed by atoms with Crippen molar-refractivity contribution in [3.05, 3.63) is 36.9 Å². The molecule has 4 aromatic rings. The molecule has 0 aliphatic heterocycles. The van der Waals surface area contributed by atoms with E-state index in [1.54, 1.807) is 41.1 Å². The Bertz CT molecular complexity index is 1130. The fourth-order valence-corrected chi connectivity index (χ4v) is 9.32. The molecule has 2 aromatic heterocycles. The van der Waals surface area contributed by atoms with Gasteiger partial charge in [-0.25, -0.2) is 0 Å². The van der Waals surface area contributed by atoms with E-state index < -0.39 is 0 Å². The SMILES string of the molecule is COc1cc2ncnc([Se][Se]c3ncnc4cc(OC)c(OC)cc34)c2cc1OC. The third-order valence-corrected chi connectivity index (χ3v) is 11.0. The van der Waals surface area contributed by atoms with Crippen LogP contribution in [0.3, 0.4) is 0 Å². The maximum atomic E-state index is 5.45. The zero-order valence-corrected chi connectivity index (χ0v) is 20.1. The van der Waals surface area contributed by atoms with Crippen molar-refractivity contribution in [1.29, 1.82) is 0 Å². The van der Waals surface area contributed by atoms with Gasteiger partial charge in [0.1, 0.15) is 0 Å². The molecule has 0 unspecified atom stereocenters. The van der Waals surface area contributed by atoms with Crippen LogP contribution in [0.5, 0.6) is 23.0 Å². The second kappa shape index (κ2) is 9.02. The van der Waals surface area contributed by atoms with Crippen molar-refractivity contribution in [1.82, 2.24) is 19.9 Å². The van der Waals surface area contributed by atoms with Crippen molar-refractivity contribution in [3.63, 3.8) is 0 Å². The first-order valence-corrected chi connectivity index (χ1v) is 14.8. The number of rotatable bonds is 7. The van der Waals surface area contributed by atoms with E-state index in [0.717, 1.165) is 31.0 Å². The fraction of sp³-hybridized carbons (Fsp3) is 0.200. The molecule has 0 saturated heterocycles. The summed E-state index contributed by atoms with van der Waals surface area (Å²) in [5.74, 6) is 2.62. The van der Waals surface area contributed by atoms with Gasteiger partial charge in [-0.1, -0.05) is 0 Å². The number of fused-ring (bicyclic) bond motifs is 2. The molecule has 0 saturated carbocycles. The van der Waals surface area contributed by atoms with Gasteiger partial charge in [0.15, 0.2) is 0 Å². The number of nitrogens with zero attached hydrogens (tertiary/aromatic N) is 4. The van der Waals surface area contributed by atoms with E-state index in [0.29, 0.717) is 23.0 Å². The Labute approximate surface area is 184 Å². The Morgan fingerprint density at radius 1 is 0.533 bits per heavy atom. The van der Waals surface area contributed by atoms with Gasteiger partial charge < -0.3 is 0 Å². The Morgan fingerprint density at radius 3 is 1.27 bits per heavy atom. The van der Waals surface area contributed by atoms with E-state index in [2.05, 4.69) is 19.9 Å². The van der Waals surface area contributed by atoms with Crippen LogP contribution in [0.1, 0.15) is 0 Å².